The molecule has 1 N–H and O–H groups in total. The fourth-order valence-corrected chi connectivity index (χ4v) is 3.39. The highest BCUT2D eigenvalue weighted by atomic mass is 16.5. The Balaban J connectivity index is 1.54. The lowest BCUT2D eigenvalue weighted by molar-refractivity contribution is 0.0703. The minimum Gasteiger partial charge on any atom is -0.453 e. The molecule has 3 heterocycles. The van der Waals surface area contributed by atoms with Crippen molar-refractivity contribution in [1.82, 2.24) is 24.9 Å². The number of aromatic nitrogens is 4. The summed E-state index contributed by atoms with van der Waals surface area (Å²) < 4.78 is 7.56. The van der Waals surface area contributed by atoms with Crippen molar-refractivity contribution in [3.05, 3.63) is 60.2 Å². The molecule has 26 heavy (non-hydrogen) atoms. The maximum Gasteiger partial charge on any atom is 0.257 e. The predicted octanol–water partition coefficient (Wildman–Crippen LogP) is 2.96. The Morgan fingerprint density at radius 3 is 2.96 bits per heavy atom. The van der Waals surface area contributed by atoms with Gasteiger partial charge in [-0.1, -0.05) is 12.1 Å². The van der Waals surface area contributed by atoms with E-state index in [4.69, 9.17) is 4.74 Å². The SMILES string of the molecule is Cn1cc(Oc2ccccc2C(=O)N2CCCC(c3ccn[nH]3)C2)cn1. The molecule has 0 saturated carbocycles. The van der Waals surface area contributed by atoms with E-state index < -0.39 is 0 Å². The van der Waals surface area contributed by atoms with Crippen LogP contribution in [-0.2, 0) is 7.05 Å². The summed E-state index contributed by atoms with van der Waals surface area (Å²) in [6, 6.07) is 9.34. The molecular formula is C19H21N5O2. The summed E-state index contributed by atoms with van der Waals surface area (Å²) in [7, 11) is 1.83. The number of nitrogens with one attached hydrogen (secondary N) is 1. The molecule has 1 unspecified atom stereocenters. The van der Waals surface area contributed by atoms with Gasteiger partial charge in [-0.25, -0.2) is 0 Å². The van der Waals surface area contributed by atoms with Crippen LogP contribution in [0.15, 0.2) is 48.9 Å². The molecule has 1 amide bonds. The van der Waals surface area contributed by atoms with Crippen molar-refractivity contribution in [2.24, 2.45) is 7.05 Å². The Bertz CT molecular complexity index is 887. The number of amides is 1. The first kappa shape index (κ1) is 16.4. The van der Waals surface area contributed by atoms with Gasteiger partial charge in [-0.05, 0) is 31.0 Å². The van der Waals surface area contributed by atoms with Gasteiger partial charge in [-0.2, -0.15) is 10.2 Å². The Hall–Kier alpha value is -3.09. The van der Waals surface area contributed by atoms with Gasteiger partial charge >= 0.3 is 0 Å². The molecule has 134 valence electrons. The van der Waals surface area contributed by atoms with Crippen LogP contribution in [0.2, 0.25) is 0 Å². The number of para-hydroxylation sites is 1. The minimum atomic E-state index is -0.00583. The van der Waals surface area contributed by atoms with Gasteiger partial charge < -0.3 is 9.64 Å². The van der Waals surface area contributed by atoms with Crippen molar-refractivity contribution in [2.75, 3.05) is 13.1 Å². The number of hydrogen-bond donors (Lipinski definition) is 1. The van der Waals surface area contributed by atoms with Crippen LogP contribution in [0.25, 0.3) is 0 Å². The third-order valence-electron chi connectivity index (χ3n) is 4.70. The fraction of sp³-hybridized carbons (Fsp3) is 0.316. The number of rotatable bonds is 4. The zero-order chi connectivity index (χ0) is 17.9. The number of ether oxygens (including phenoxy) is 1. The van der Waals surface area contributed by atoms with Crippen molar-refractivity contribution < 1.29 is 9.53 Å². The first-order chi connectivity index (χ1) is 12.7. The molecule has 7 heteroatoms. The van der Waals surface area contributed by atoms with Crippen molar-refractivity contribution in [3.8, 4) is 11.5 Å². The number of piperidine rings is 1. The lowest BCUT2D eigenvalue weighted by Gasteiger charge is -2.32. The quantitative estimate of drug-likeness (QED) is 0.784. The number of aromatic amines is 1. The highest BCUT2D eigenvalue weighted by Gasteiger charge is 2.27. The monoisotopic (exact) mass is 351 g/mol. The average Bonchev–Trinajstić information content (AvgIpc) is 3.34. The molecule has 7 nitrogen and oxygen atoms in total. The van der Waals surface area contributed by atoms with E-state index in [0.29, 0.717) is 29.5 Å². The number of H-pyrrole nitrogens is 1. The van der Waals surface area contributed by atoms with Crippen molar-refractivity contribution >= 4 is 5.91 Å². The third-order valence-corrected chi connectivity index (χ3v) is 4.70. The van der Waals surface area contributed by atoms with E-state index in [2.05, 4.69) is 15.3 Å². The summed E-state index contributed by atoms with van der Waals surface area (Å²) in [6.45, 7) is 1.44. The van der Waals surface area contributed by atoms with Gasteiger partial charge in [0.2, 0.25) is 0 Å². The number of nitrogens with zero attached hydrogens (tertiary/aromatic N) is 4. The van der Waals surface area contributed by atoms with Gasteiger partial charge in [0.1, 0.15) is 5.75 Å². The summed E-state index contributed by atoms with van der Waals surface area (Å²) in [5.74, 6) is 1.45. The van der Waals surface area contributed by atoms with Gasteiger partial charge in [0.15, 0.2) is 5.75 Å². The fourth-order valence-electron chi connectivity index (χ4n) is 3.39. The molecule has 4 rings (SSSR count). The summed E-state index contributed by atoms with van der Waals surface area (Å²) in [5.41, 5.74) is 1.66. The van der Waals surface area contributed by atoms with E-state index in [0.717, 1.165) is 25.1 Å². The molecule has 1 fully saturated rings. The molecule has 0 bridgehead atoms. The van der Waals surface area contributed by atoms with Crippen LogP contribution in [0.1, 0.15) is 34.8 Å². The predicted molar refractivity (Wildman–Crippen MR) is 96.2 cm³/mol. The molecular weight excluding hydrogens is 330 g/mol. The Morgan fingerprint density at radius 2 is 2.19 bits per heavy atom. The van der Waals surface area contributed by atoms with E-state index in [-0.39, 0.29) is 5.91 Å². The minimum absolute atomic E-state index is 0.00583. The van der Waals surface area contributed by atoms with E-state index >= 15 is 0 Å². The van der Waals surface area contributed by atoms with Crippen LogP contribution in [0.3, 0.4) is 0 Å². The number of hydrogen-bond acceptors (Lipinski definition) is 4. The van der Waals surface area contributed by atoms with Gasteiger partial charge in [0.05, 0.1) is 18.0 Å². The molecule has 0 spiro atoms. The van der Waals surface area contributed by atoms with Gasteiger partial charge in [0, 0.05) is 37.9 Å². The largest absolute Gasteiger partial charge is 0.453 e. The topological polar surface area (TPSA) is 76.0 Å². The van der Waals surface area contributed by atoms with Crippen molar-refractivity contribution in [1.29, 1.82) is 0 Å². The summed E-state index contributed by atoms with van der Waals surface area (Å²) in [4.78, 5) is 15.0. The zero-order valence-electron chi connectivity index (χ0n) is 14.6. The second-order valence-electron chi connectivity index (χ2n) is 6.55. The molecule has 1 aliphatic heterocycles. The van der Waals surface area contributed by atoms with Crippen LogP contribution in [0.5, 0.6) is 11.5 Å². The normalized spacial score (nSPS) is 17.3. The third kappa shape index (κ3) is 3.33. The van der Waals surface area contributed by atoms with Gasteiger partial charge in [-0.3, -0.25) is 14.6 Å². The molecule has 1 saturated heterocycles. The number of carbonyl (C=O) groups excluding carboxylic acids is 1. The Kier molecular flexibility index (Phi) is 4.43. The standard InChI is InChI=1S/C19H21N5O2/c1-23-13-15(11-21-23)26-18-7-3-2-6-16(18)19(25)24-10-4-5-14(12-24)17-8-9-20-22-17/h2-3,6-9,11,13-14H,4-5,10,12H2,1H3,(H,20,22). The smallest absolute Gasteiger partial charge is 0.257 e. The molecule has 2 aromatic heterocycles. The molecule has 0 radical (unpaired) electrons. The lowest BCUT2D eigenvalue weighted by Crippen LogP contribution is -2.39. The van der Waals surface area contributed by atoms with Crippen molar-refractivity contribution in [2.45, 2.75) is 18.8 Å². The highest BCUT2D eigenvalue weighted by Crippen LogP contribution is 2.30. The Labute approximate surface area is 151 Å². The van der Waals surface area contributed by atoms with Crippen LogP contribution in [0, 0.1) is 0 Å². The maximum atomic E-state index is 13.1. The maximum absolute atomic E-state index is 13.1. The van der Waals surface area contributed by atoms with Crippen LogP contribution < -0.4 is 4.74 Å². The molecule has 1 aromatic carbocycles. The second kappa shape index (κ2) is 7.03. The number of aryl methyl sites for hydroxylation is 1. The zero-order valence-corrected chi connectivity index (χ0v) is 14.6. The van der Waals surface area contributed by atoms with E-state index in [1.165, 1.54) is 0 Å². The molecule has 1 aliphatic rings. The van der Waals surface area contributed by atoms with Crippen molar-refractivity contribution in [3.63, 3.8) is 0 Å². The average molecular weight is 351 g/mol. The van der Waals surface area contributed by atoms with E-state index in [1.807, 2.05) is 42.3 Å². The summed E-state index contributed by atoms with van der Waals surface area (Å²) in [5, 5.41) is 11.2. The van der Waals surface area contributed by atoms with E-state index in [9.17, 15) is 4.79 Å². The number of benzene rings is 1. The molecule has 1 atom stereocenters. The summed E-state index contributed by atoms with van der Waals surface area (Å²) in [6.07, 6.45) is 7.20. The van der Waals surface area contributed by atoms with E-state index in [1.54, 1.807) is 23.3 Å². The Morgan fingerprint density at radius 1 is 1.31 bits per heavy atom. The van der Waals surface area contributed by atoms with Gasteiger partial charge in [-0.15, -0.1) is 0 Å². The lowest BCUT2D eigenvalue weighted by atomic mass is 9.94. The van der Waals surface area contributed by atoms with Crippen LogP contribution in [0.4, 0.5) is 0 Å². The molecule has 0 aliphatic carbocycles. The first-order valence-corrected chi connectivity index (χ1v) is 8.75. The number of likely N-dealkylation sites (tertiary alicyclic amines) is 1. The highest BCUT2D eigenvalue weighted by molar-refractivity contribution is 5.97. The molecule has 3 aromatic rings. The second-order valence-corrected chi connectivity index (χ2v) is 6.55. The van der Waals surface area contributed by atoms with Crippen LogP contribution in [-0.4, -0.2) is 43.9 Å². The first-order valence-electron chi connectivity index (χ1n) is 8.75. The van der Waals surface area contributed by atoms with Gasteiger partial charge in [0.25, 0.3) is 5.91 Å². The summed E-state index contributed by atoms with van der Waals surface area (Å²) >= 11 is 0. The number of carbonyl (C=O) groups is 1. The van der Waals surface area contributed by atoms with Crippen LogP contribution >= 0.6 is 0 Å².